The number of rotatable bonds is 18. The van der Waals surface area contributed by atoms with E-state index in [-0.39, 0.29) is 0 Å². The third-order valence-corrected chi connectivity index (χ3v) is 3.57. The Morgan fingerprint density at radius 3 is 1.38 bits per heavy atom. The summed E-state index contributed by atoms with van der Waals surface area (Å²) in [5.74, 6) is 0. The van der Waals surface area contributed by atoms with Crippen molar-refractivity contribution in [3.63, 3.8) is 0 Å². The molecule has 0 unspecified atom stereocenters. The van der Waals surface area contributed by atoms with Gasteiger partial charge in [-0.2, -0.15) is 0 Å². The number of unbranched alkanes of at least 4 members (excludes halogenated alkanes) is 9. The summed E-state index contributed by atoms with van der Waals surface area (Å²) < 4.78 is 5.59. The van der Waals surface area contributed by atoms with Gasteiger partial charge < -0.3 is 4.74 Å². The van der Waals surface area contributed by atoms with Gasteiger partial charge in [-0.1, -0.05) is 65.2 Å². The van der Waals surface area contributed by atoms with Crippen molar-refractivity contribution in [1.82, 2.24) is 0 Å². The van der Waals surface area contributed by atoms with E-state index in [0.29, 0.717) is 0 Å². The Kier molecular flexibility index (Phi) is 19.8. The molecule has 0 aromatic carbocycles. The zero-order valence-corrected chi connectivity index (χ0v) is 14.5. The van der Waals surface area contributed by atoms with E-state index in [1.807, 2.05) is 0 Å². The van der Waals surface area contributed by atoms with Gasteiger partial charge in [-0.3, -0.25) is 0 Å². The van der Waals surface area contributed by atoms with E-state index < -0.39 is 0 Å². The largest absolute Gasteiger partial charge is 0.381 e. The summed E-state index contributed by atoms with van der Waals surface area (Å²) >= 11 is 0. The normalized spacial score (nSPS) is 11.1. The molecule has 128 valence electrons. The average Bonchev–Trinajstić information content (AvgIpc) is 2.50. The zero-order chi connectivity index (χ0) is 15.4. The van der Waals surface area contributed by atoms with Crippen LogP contribution in [0.5, 0.6) is 0 Å². The smallest absolute Gasteiger partial charge is 0.0822 e. The second kappa shape index (κ2) is 19.9. The summed E-state index contributed by atoms with van der Waals surface area (Å²) in [6, 6.07) is 0. The van der Waals surface area contributed by atoms with Gasteiger partial charge in [-0.15, -0.1) is 0 Å². The van der Waals surface area contributed by atoms with Crippen molar-refractivity contribution < 1.29 is 14.5 Å². The Hall–Kier alpha value is -0.120. The van der Waals surface area contributed by atoms with E-state index in [1.165, 1.54) is 64.2 Å². The summed E-state index contributed by atoms with van der Waals surface area (Å²) in [5.41, 5.74) is 0. The molecule has 0 atom stereocenters. The van der Waals surface area contributed by atoms with Crippen LogP contribution >= 0.6 is 0 Å². The third kappa shape index (κ3) is 19.9. The van der Waals surface area contributed by atoms with Crippen LogP contribution in [0.15, 0.2) is 0 Å². The maximum absolute atomic E-state index is 5.59. The van der Waals surface area contributed by atoms with Gasteiger partial charge >= 0.3 is 0 Å². The SMILES string of the molecule is CCCCCCOOCCCCCCCOCCCCC. The van der Waals surface area contributed by atoms with Crippen LogP contribution in [0, 0.1) is 0 Å². The molecule has 3 nitrogen and oxygen atoms in total. The minimum absolute atomic E-state index is 0.737. The Labute approximate surface area is 132 Å². The fourth-order valence-electron chi connectivity index (χ4n) is 2.16. The van der Waals surface area contributed by atoms with Gasteiger partial charge in [0.2, 0.25) is 0 Å². The van der Waals surface area contributed by atoms with Crippen molar-refractivity contribution in [2.24, 2.45) is 0 Å². The molecule has 0 saturated carbocycles. The summed E-state index contributed by atoms with van der Waals surface area (Å²) in [4.78, 5) is 10.3. The maximum Gasteiger partial charge on any atom is 0.0822 e. The Morgan fingerprint density at radius 1 is 0.429 bits per heavy atom. The van der Waals surface area contributed by atoms with Gasteiger partial charge in [-0.05, 0) is 25.7 Å². The van der Waals surface area contributed by atoms with Crippen LogP contribution in [0.3, 0.4) is 0 Å². The van der Waals surface area contributed by atoms with Crippen LogP contribution in [0.1, 0.15) is 90.9 Å². The molecule has 0 fully saturated rings. The van der Waals surface area contributed by atoms with E-state index in [9.17, 15) is 0 Å². The first kappa shape index (κ1) is 20.9. The Balaban J connectivity index is 2.90. The van der Waals surface area contributed by atoms with Gasteiger partial charge in [0, 0.05) is 13.2 Å². The van der Waals surface area contributed by atoms with Crippen LogP contribution in [0.4, 0.5) is 0 Å². The molecular weight excluding hydrogens is 264 g/mol. The van der Waals surface area contributed by atoms with Gasteiger partial charge in [0.25, 0.3) is 0 Å². The lowest BCUT2D eigenvalue weighted by atomic mass is 10.1. The molecule has 0 aromatic heterocycles. The first-order valence-electron chi connectivity index (χ1n) is 9.24. The monoisotopic (exact) mass is 302 g/mol. The summed E-state index contributed by atoms with van der Waals surface area (Å²) in [6.45, 7) is 7.80. The quantitative estimate of drug-likeness (QED) is 0.185. The van der Waals surface area contributed by atoms with Gasteiger partial charge in [0.1, 0.15) is 0 Å². The molecule has 0 bridgehead atoms. The maximum atomic E-state index is 5.59. The van der Waals surface area contributed by atoms with Crippen molar-refractivity contribution in [3.05, 3.63) is 0 Å². The van der Waals surface area contributed by atoms with Crippen molar-refractivity contribution >= 4 is 0 Å². The van der Waals surface area contributed by atoms with Crippen molar-refractivity contribution in [2.45, 2.75) is 90.9 Å². The highest BCUT2D eigenvalue weighted by Gasteiger charge is 1.94. The molecule has 0 aromatic rings. The van der Waals surface area contributed by atoms with E-state index in [4.69, 9.17) is 14.5 Å². The number of hydrogen-bond donors (Lipinski definition) is 0. The average molecular weight is 302 g/mol. The highest BCUT2D eigenvalue weighted by atomic mass is 17.2. The lowest BCUT2D eigenvalue weighted by Gasteiger charge is -2.05. The molecule has 0 aliphatic carbocycles. The second-order valence-corrected chi connectivity index (χ2v) is 5.79. The van der Waals surface area contributed by atoms with Crippen molar-refractivity contribution in [1.29, 1.82) is 0 Å². The third-order valence-electron chi connectivity index (χ3n) is 3.57. The van der Waals surface area contributed by atoms with Crippen molar-refractivity contribution in [2.75, 3.05) is 26.4 Å². The molecule has 3 heteroatoms. The fourth-order valence-corrected chi connectivity index (χ4v) is 2.16. The summed E-state index contributed by atoms with van der Waals surface area (Å²) in [7, 11) is 0. The molecule has 0 spiro atoms. The first-order valence-corrected chi connectivity index (χ1v) is 9.24. The minimum Gasteiger partial charge on any atom is -0.381 e. The van der Waals surface area contributed by atoms with E-state index >= 15 is 0 Å². The second-order valence-electron chi connectivity index (χ2n) is 5.79. The van der Waals surface area contributed by atoms with E-state index in [2.05, 4.69) is 13.8 Å². The number of ether oxygens (including phenoxy) is 1. The van der Waals surface area contributed by atoms with Crippen LogP contribution in [-0.4, -0.2) is 26.4 Å². The van der Waals surface area contributed by atoms with Gasteiger partial charge in [0.15, 0.2) is 0 Å². The van der Waals surface area contributed by atoms with Crippen LogP contribution < -0.4 is 0 Å². The van der Waals surface area contributed by atoms with E-state index in [0.717, 1.165) is 39.3 Å². The summed E-state index contributed by atoms with van der Waals surface area (Å²) in [5, 5.41) is 0. The predicted octanol–water partition coefficient (Wildman–Crippen LogP) is 5.67. The number of hydrogen-bond acceptors (Lipinski definition) is 3. The van der Waals surface area contributed by atoms with Crippen LogP contribution in [0.2, 0.25) is 0 Å². The molecule has 21 heavy (non-hydrogen) atoms. The first-order chi connectivity index (χ1) is 10.4. The Morgan fingerprint density at radius 2 is 0.810 bits per heavy atom. The van der Waals surface area contributed by atoms with E-state index in [1.54, 1.807) is 0 Å². The molecular formula is C18H38O3. The topological polar surface area (TPSA) is 27.7 Å². The molecule has 0 heterocycles. The fraction of sp³-hybridized carbons (Fsp3) is 1.00. The molecule has 0 N–H and O–H groups in total. The highest BCUT2D eigenvalue weighted by Crippen LogP contribution is 2.05. The van der Waals surface area contributed by atoms with Crippen LogP contribution in [-0.2, 0) is 14.5 Å². The van der Waals surface area contributed by atoms with Crippen LogP contribution in [0.25, 0.3) is 0 Å². The zero-order valence-electron chi connectivity index (χ0n) is 14.5. The standard InChI is InChI=1S/C18H38O3/c1-3-5-7-13-17-20-21-18-14-10-8-9-12-16-19-15-11-6-4-2/h3-18H2,1-2H3. The van der Waals surface area contributed by atoms with Gasteiger partial charge in [-0.25, -0.2) is 9.78 Å². The minimum atomic E-state index is 0.737. The van der Waals surface area contributed by atoms with Crippen molar-refractivity contribution in [3.8, 4) is 0 Å². The summed E-state index contributed by atoms with van der Waals surface area (Å²) in [6.07, 6.45) is 14.8. The molecule has 0 aliphatic heterocycles. The lowest BCUT2D eigenvalue weighted by Crippen LogP contribution is -1.99. The predicted molar refractivity (Wildman–Crippen MR) is 89.5 cm³/mol. The highest BCUT2D eigenvalue weighted by molar-refractivity contribution is 4.44. The van der Waals surface area contributed by atoms with Gasteiger partial charge in [0.05, 0.1) is 13.2 Å². The molecule has 0 saturated heterocycles. The molecule has 0 aliphatic rings. The lowest BCUT2D eigenvalue weighted by molar-refractivity contribution is -0.295. The molecule has 0 rings (SSSR count). The molecule has 0 amide bonds. The Bertz CT molecular complexity index is 156. The molecule has 0 radical (unpaired) electrons.